The summed E-state index contributed by atoms with van der Waals surface area (Å²) in [5.74, 6) is 0.864. The van der Waals surface area contributed by atoms with E-state index in [1.54, 1.807) is 0 Å². The Morgan fingerprint density at radius 1 is 1.25 bits per heavy atom. The molecule has 1 fully saturated rings. The normalized spacial score (nSPS) is 20.2. The maximum Gasteiger partial charge on any atom is 0.191 e. The van der Waals surface area contributed by atoms with Crippen LogP contribution >= 0.6 is 24.0 Å². The number of benzene rings is 1. The van der Waals surface area contributed by atoms with Gasteiger partial charge in [0.2, 0.25) is 0 Å². The number of hydrogen-bond acceptors (Lipinski definition) is 2. The van der Waals surface area contributed by atoms with Crippen molar-refractivity contribution in [2.75, 3.05) is 26.8 Å². The SMILES string of the molecule is CN=C(NCC1(C)COC1)NC(C)c1ccc2c(c1)CCCC2.I. The van der Waals surface area contributed by atoms with Crippen molar-refractivity contribution in [3.8, 4) is 0 Å². The molecule has 4 nitrogen and oxygen atoms in total. The summed E-state index contributed by atoms with van der Waals surface area (Å²) in [6.07, 6.45) is 5.11. The fraction of sp³-hybridized carbons (Fsp3) is 0.632. The lowest BCUT2D eigenvalue weighted by atomic mass is 9.89. The van der Waals surface area contributed by atoms with Crippen molar-refractivity contribution in [2.45, 2.75) is 45.6 Å². The molecule has 0 saturated carbocycles. The lowest BCUT2D eigenvalue weighted by molar-refractivity contribution is -0.0971. The zero-order valence-electron chi connectivity index (χ0n) is 15.0. The van der Waals surface area contributed by atoms with Gasteiger partial charge < -0.3 is 15.4 Å². The van der Waals surface area contributed by atoms with Gasteiger partial charge in [-0.05, 0) is 49.3 Å². The third-order valence-corrected chi connectivity index (χ3v) is 5.03. The summed E-state index contributed by atoms with van der Waals surface area (Å²) in [4.78, 5) is 4.36. The standard InChI is InChI=1S/C19H29N3O.HI/c1-14(16-9-8-15-6-4-5-7-17(15)10-16)22-18(20-3)21-11-19(2)12-23-13-19;/h8-10,14H,4-7,11-13H2,1-3H3,(H2,20,21,22);1H. The smallest absolute Gasteiger partial charge is 0.191 e. The molecule has 0 amide bonds. The highest BCUT2D eigenvalue weighted by atomic mass is 127. The largest absolute Gasteiger partial charge is 0.380 e. The van der Waals surface area contributed by atoms with E-state index in [0.717, 1.165) is 25.7 Å². The molecular weight excluding hydrogens is 413 g/mol. The molecule has 0 radical (unpaired) electrons. The molecule has 1 aliphatic carbocycles. The number of ether oxygens (including phenoxy) is 1. The molecule has 1 heterocycles. The minimum absolute atomic E-state index is 0. The van der Waals surface area contributed by atoms with Gasteiger partial charge in [0.25, 0.3) is 0 Å². The Bertz CT molecular complexity index is 584. The van der Waals surface area contributed by atoms with Gasteiger partial charge in [-0.2, -0.15) is 0 Å². The van der Waals surface area contributed by atoms with Gasteiger partial charge in [-0.3, -0.25) is 4.99 Å². The van der Waals surface area contributed by atoms with Crippen LogP contribution in [-0.4, -0.2) is 32.8 Å². The second kappa shape index (κ2) is 8.52. The van der Waals surface area contributed by atoms with Crippen LogP contribution in [0.1, 0.15) is 49.4 Å². The molecule has 24 heavy (non-hydrogen) atoms. The molecule has 0 spiro atoms. The Balaban J connectivity index is 0.00000208. The first kappa shape index (κ1) is 19.5. The topological polar surface area (TPSA) is 45.7 Å². The van der Waals surface area contributed by atoms with Crippen LogP contribution < -0.4 is 10.6 Å². The second-order valence-electron chi connectivity index (χ2n) is 7.33. The predicted octanol–water partition coefficient (Wildman–Crippen LogP) is 3.45. The minimum Gasteiger partial charge on any atom is -0.380 e. The van der Waals surface area contributed by atoms with E-state index >= 15 is 0 Å². The van der Waals surface area contributed by atoms with Gasteiger partial charge in [0, 0.05) is 19.0 Å². The van der Waals surface area contributed by atoms with Crippen LogP contribution in [-0.2, 0) is 17.6 Å². The Labute approximate surface area is 162 Å². The van der Waals surface area contributed by atoms with Crippen molar-refractivity contribution in [1.82, 2.24) is 10.6 Å². The minimum atomic E-state index is 0. The highest BCUT2D eigenvalue weighted by molar-refractivity contribution is 14.0. The van der Waals surface area contributed by atoms with E-state index in [1.807, 2.05) is 7.05 Å². The molecule has 2 aliphatic rings. The van der Waals surface area contributed by atoms with Crippen molar-refractivity contribution in [1.29, 1.82) is 0 Å². The summed E-state index contributed by atoms with van der Waals surface area (Å²) in [7, 11) is 1.83. The van der Waals surface area contributed by atoms with E-state index in [2.05, 4.69) is 47.7 Å². The number of nitrogens with zero attached hydrogens (tertiary/aromatic N) is 1. The molecule has 1 aromatic rings. The molecule has 0 bridgehead atoms. The van der Waals surface area contributed by atoms with Crippen LogP contribution in [0.25, 0.3) is 0 Å². The highest BCUT2D eigenvalue weighted by Crippen LogP contribution is 2.26. The zero-order valence-corrected chi connectivity index (χ0v) is 17.4. The molecule has 1 aromatic carbocycles. The third-order valence-electron chi connectivity index (χ3n) is 5.03. The summed E-state index contributed by atoms with van der Waals surface area (Å²) in [5.41, 5.74) is 4.65. The fourth-order valence-electron chi connectivity index (χ4n) is 3.36. The Morgan fingerprint density at radius 3 is 2.58 bits per heavy atom. The van der Waals surface area contributed by atoms with Crippen molar-refractivity contribution < 1.29 is 4.74 Å². The van der Waals surface area contributed by atoms with Crippen LogP contribution in [0.4, 0.5) is 0 Å². The van der Waals surface area contributed by atoms with Crippen molar-refractivity contribution in [2.24, 2.45) is 10.4 Å². The molecule has 2 N–H and O–H groups in total. The predicted molar refractivity (Wildman–Crippen MR) is 110 cm³/mol. The molecule has 0 aromatic heterocycles. The van der Waals surface area contributed by atoms with Gasteiger partial charge >= 0.3 is 0 Å². The van der Waals surface area contributed by atoms with E-state index in [1.165, 1.54) is 42.4 Å². The number of hydrogen-bond donors (Lipinski definition) is 2. The van der Waals surface area contributed by atoms with Gasteiger partial charge in [-0.15, -0.1) is 24.0 Å². The average Bonchev–Trinajstić information content (AvgIpc) is 2.56. The summed E-state index contributed by atoms with van der Waals surface area (Å²) in [6.45, 7) is 6.99. The monoisotopic (exact) mass is 443 g/mol. The van der Waals surface area contributed by atoms with Gasteiger partial charge in [0.15, 0.2) is 5.96 Å². The van der Waals surface area contributed by atoms with Crippen LogP contribution in [0.3, 0.4) is 0 Å². The number of rotatable bonds is 4. The van der Waals surface area contributed by atoms with Gasteiger partial charge in [-0.25, -0.2) is 0 Å². The number of nitrogens with one attached hydrogen (secondary N) is 2. The fourth-order valence-corrected chi connectivity index (χ4v) is 3.36. The first-order valence-electron chi connectivity index (χ1n) is 8.76. The van der Waals surface area contributed by atoms with Gasteiger partial charge in [0.05, 0.1) is 19.3 Å². The highest BCUT2D eigenvalue weighted by Gasteiger charge is 2.33. The number of guanidine groups is 1. The Morgan fingerprint density at radius 2 is 1.96 bits per heavy atom. The average molecular weight is 443 g/mol. The molecular formula is C19H30IN3O. The number of aliphatic imine (C=N–C) groups is 1. The summed E-state index contributed by atoms with van der Waals surface area (Å²) >= 11 is 0. The molecule has 134 valence electrons. The molecule has 1 unspecified atom stereocenters. The number of halogens is 1. The Kier molecular flexibility index (Phi) is 6.92. The Hall–Kier alpha value is -0.820. The maximum absolute atomic E-state index is 5.31. The van der Waals surface area contributed by atoms with E-state index in [-0.39, 0.29) is 35.4 Å². The van der Waals surface area contributed by atoms with Crippen LogP contribution in [0.5, 0.6) is 0 Å². The quantitative estimate of drug-likeness (QED) is 0.426. The zero-order chi connectivity index (χ0) is 16.3. The van der Waals surface area contributed by atoms with E-state index in [4.69, 9.17) is 4.74 Å². The van der Waals surface area contributed by atoms with Gasteiger partial charge in [-0.1, -0.05) is 25.1 Å². The number of fused-ring (bicyclic) bond motifs is 1. The molecule has 1 atom stereocenters. The van der Waals surface area contributed by atoms with Crippen molar-refractivity contribution in [3.63, 3.8) is 0 Å². The second-order valence-corrected chi connectivity index (χ2v) is 7.33. The first-order valence-corrected chi connectivity index (χ1v) is 8.76. The van der Waals surface area contributed by atoms with Crippen LogP contribution in [0.15, 0.2) is 23.2 Å². The van der Waals surface area contributed by atoms with Crippen molar-refractivity contribution in [3.05, 3.63) is 34.9 Å². The van der Waals surface area contributed by atoms with Crippen molar-refractivity contribution >= 4 is 29.9 Å². The first-order chi connectivity index (χ1) is 11.1. The van der Waals surface area contributed by atoms with Gasteiger partial charge in [0.1, 0.15) is 0 Å². The van der Waals surface area contributed by atoms with Crippen LogP contribution in [0.2, 0.25) is 0 Å². The van der Waals surface area contributed by atoms with E-state index in [9.17, 15) is 0 Å². The summed E-state index contributed by atoms with van der Waals surface area (Å²) in [5, 5.41) is 6.94. The molecule has 5 heteroatoms. The third kappa shape index (κ3) is 4.63. The lowest BCUT2D eigenvalue weighted by Gasteiger charge is -2.38. The van der Waals surface area contributed by atoms with E-state index in [0.29, 0.717) is 0 Å². The summed E-state index contributed by atoms with van der Waals surface area (Å²) in [6, 6.07) is 7.20. The summed E-state index contributed by atoms with van der Waals surface area (Å²) < 4.78 is 5.31. The maximum atomic E-state index is 5.31. The lowest BCUT2D eigenvalue weighted by Crippen LogP contribution is -2.51. The molecule has 1 aliphatic heterocycles. The molecule has 3 rings (SSSR count). The van der Waals surface area contributed by atoms with E-state index < -0.39 is 0 Å². The number of aryl methyl sites for hydroxylation is 2. The van der Waals surface area contributed by atoms with Crippen LogP contribution in [0, 0.1) is 5.41 Å². The molecule has 1 saturated heterocycles.